The molecular formula is C16H15Cl2NO5S. The van der Waals surface area contributed by atoms with E-state index in [1.165, 1.54) is 28.8 Å². The van der Waals surface area contributed by atoms with Gasteiger partial charge in [0.15, 0.2) is 0 Å². The van der Waals surface area contributed by atoms with Crippen LogP contribution in [-0.2, 0) is 19.1 Å². The molecule has 134 valence electrons. The number of nitrogens with zero attached hydrogens (tertiary/aromatic N) is 1. The quantitative estimate of drug-likeness (QED) is 0.536. The van der Waals surface area contributed by atoms with Crippen LogP contribution in [0.15, 0.2) is 29.3 Å². The summed E-state index contributed by atoms with van der Waals surface area (Å²) in [5.74, 6) is -1.10. The predicted octanol–water partition coefficient (Wildman–Crippen LogP) is 3.13. The van der Waals surface area contributed by atoms with Crippen LogP contribution >= 0.6 is 35.0 Å². The number of amides is 1. The Kier molecular flexibility index (Phi) is 7.16. The molecule has 1 saturated heterocycles. The number of hydrogen-bond acceptors (Lipinski definition) is 6. The molecule has 0 unspecified atom stereocenters. The number of thioether (sulfide) groups is 1. The Labute approximate surface area is 159 Å². The van der Waals surface area contributed by atoms with Crippen molar-refractivity contribution in [2.75, 3.05) is 25.5 Å². The number of carbonyl (C=O) groups is 3. The minimum atomic E-state index is -0.636. The molecule has 1 fully saturated rings. The van der Waals surface area contributed by atoms with Crippen molar-refractivity contribution in [3.63, 3.8) is 0 Å². The predicted molar refractivity (Wildman–Crippen MR) is 95.6 cm³/mol. The molecule has 1 aliphatic heterocycles. The van der Waals surface area contributed by atoms with E-state index in [1.54, 1.807) is 19.1 Å². The van der Waals surface area contributed by atoms with Gasteiger partial charge in [-0.25, -0.2) is 9.59 Å². The van der Waals surface area contributed by atoms with Gasteiger partial charge in [-0.15, -0.1) is 0 Å². The van der Waals surface area contributed by atoms with Gasteiger partial charge in [0.2, 0.25) is 5.91 Å². The van der Waals surface area contributed by atoms with Crippen molar-refractivity contribution in [3.8, 4) is 0 Å². The largest absolute Gasteiger partial charge is 0.463 e. The lowest BCUT2D eigenvalue weighted by atomic mass is 10.2. The summed E-state index contributed by atoms with van der Waals surface area (Å²) in [7, 11) is 0. The zero-order valence-corrected chi connectivity index (χ0v) is 15.6. The van der Waals surface area contributed by atoms with Gasteiger partial charge in [-0.2, -0.15) is 0 Å². The lowest BCUT2D eigenvalue weighted by Crippen LogP contribution is -2.29. The second-order valence-electron chi connectivity index (χ2n) is 4.81. The van der Waals surface area contributed by atoms with Crippen molar-refractivity contribution in [1.82, 2.24) is 4.90 Å². The summed E-state index contributed by atoms with van der Waals surface area (Å²) in [5.41, 5.74) is 0.151. The van der Waals surface area contributed by atoms with E-state index in [2.05, 4.69) is 0 Å². The third-order valence-electron chi connectivity index (χ3n) is 3.16. The Morgan fingerprint density at radius 3 is 2.80 bits per heavy atom. The van der Waals surface area contributed by atoms with Crippen molar-refractivity contribution < 1.29 is 23.9 Å². The molecule has 0 bridgehead atoms. The highest BCUT2D eigenvalue weighted by molar-refractivity contribution is 8.04. The summed E-state index contributed by atoms with van der Waals surface area (Å²) in [4.78, 5) is 36.9. The summed E-state index contributed by atoms with van der Waals surface area (Å²) >= 11 is 13.1. The maximum atomic E-state index is 12.1. The van der Waals surface area contributed by atoms with Crippen LogP contribution in [0.2, 0.25) is 10.0 Å². The molecule has 0 spiro atoms. The van der Waals surface area contributed by atoms with Crippen molar-refractivity contribution in [1.29, 1.82) is 0 Å². The number of ether oxygens (including phenoxy) is 2. The maximum Gasteiger partial charge on any atom is 0.339 e. The van der Waals surface area contributed by atoms with Crippen LogP contribution in [0.4, 0.5) is 0 Å². The zero-order valence-electron chi connectivity index (χ0n) is 13.3. The van der Waals surface area contributed by atoms with Crippen LogP contribution in [0.1, 0.15) is 17.3 Å². The fraction of sp³-hybridized carbons (Fsp3) is 0.312. The van der Waals surface area contributed by atoms with Gasteiger partial charge in [0, 0.05) is 0 Å². The van der Waals surface area contributed by atoms with Crippen molar-refractivity contribution in [2.24, 2.45) is 0 Å². The highest BCUT2D eigenvalue weighted by Crippen LogP contribution is 2.29. The zero-order chi connectivity index (χ0) is 18.4. The molecule has 0 radical (unpaired) electrons. The van der Waals surface area contributed by atoms with Crippen LogP contribution in [0.3, 0.4) is 0 Å². The Balaban J connectivity index is 1.95. The second-order valence-corrected chi connectivity index (χ2v) is 6.59. The topological polar surface area (TPSA) is 72.9 Å². The standard InChI is InChI=1S/C16H15Cl2NO5S/c1-2-23-14(21)8-13-19(12(20)9-25-13)6-7-24-16(22)10-4-3-5-11(17)15(10)18/h3-5,8H,2,6-7,9H2,1H3. The molecule has 0 atom stereocenters. The molecule has 0 N–H and O–H groups in total. The Morgan fingerprint density at radius 2 is 2.08 bits per heavy atom. The summed E-state index contributed by atoms with van der Waals surface area (Å²) in [6.07, 6.45) is 1.26. The second kappa shape index (κ2) is 9.12. The minimum absolute atomic E-state index is 0.0475. The number of hydrogen-bond donors (Lipinski definition) is 0. The SMILES string of the molecule is CCOC(=O)C=C1SCC(=O)N1CCOC(=O)c1cccc(Cl)c1Cl. The highest BCUT2D eigenvalue weighted by Gasteiger charge is 2.27. The molecule has 25 heavy (non-hydrogen) atoms. The lowest BCUT2D eigenvalue weighted by molar-refractivity contribution is -0.137. The van der Waals surface area contributed by atoms with Crippen LogP contribution in [0.25, 0.3) is 0 Å². The van der Waals surface area contributed by atoms with E-state index in [1.807, 2.05) is 0 Å². The van der Waals surface area contributed by atoms with Gasteiger partial charge >= 0.3 is 11.9 Å². The van der Waals surface area contributed by atoms with E-state index in [0.29, 0.717) is 5.03 Å². The minimum Gasteiger partial charge on any atom is -0.463 e. The summed E-state index contributed by atoms with van der Waals surface area (Å²) in [6.45, 7) is 2.02. The monoisotopic (exact) mass is 403 g/mol. The molecule has 2 rings (SSSR count). The van der Waals surface area contributed by atoms with Crippen molar-refractivity contribution in [2.45, 2.75) is 6.92 Å². The van der Waals surface area contributed by atoms with Gasteiger partial charge in [0.1, 0.15) is 6.61 Å². The van der Waals surface area contributed by atoms with E-state index in [4.69, 9.17) is 32.7 Å². The van der Waals surface area contributed by atoms with Crippen LogP contribution in [0.5, 0.6) is 0 Å². The smallest absolute Gasteiger partial charge is 0.339 e. The molecule has 9 heteroatoms. The molecule has 1 aromatic carbocycles. The van der Waals surface area contributed by atoms with Crippen LogP contribution < -0.4 is 0 Å². The number of benzene rings is 1. The van der Waals surface area contributed by atoms with Crippen molar-refractivity contribution >= 4 is 52.8 Å². The van der Waals surface area contributed by atoms with Crippen molar-refractivity contribution in [3.05, 3.63) is 44.9 Å². The molecule has 1 amide bonds. The molecule has 1 aromatic rings. The molecule has 0 aliphatic carbocycles. The average Bonchev–Trinajstić information content (AvgIpc) is 2.90. The highest BCUT2D eigenvalue weighted by atomic mass is 35.5. The van der Waals surface area contributed by atoms with E-state index in [0.717, 1.165) is 0 Å². The molecule has 1 aliphatic rings. The fourth-order valence-electron chi connectivity index (χ4n) is 2.02. The molecule has 6 nitrogen and oxygen atoms in total. The first-order valence-corrected chi connectivity index (χ1v) is 9.11. The lowest BCUT2D eigenvalue weighted by Gasteiger charge is -2.17. The summed E-state index contributed by atoms with van der Waals surface area (Å²) in [5, 5.41) is 0.840. The normalized spacial score (nSPS) is 15.6. The maximum absolute atomic E-state index is 12.1. The van der Waals surface area contributed by atoms with Gasteiger partial charge in [0.05, 0.1) is 45.6 Å². The Morgan fingerprint density at radius 1 is 1.32 bits per heavy atom. The van der Waals surface area contributed by atoms with E-state index < -0.39 is 11.9 Å². The summed E-state index contributed by atoms with van der Waals surface area (Å²) in [6, 6.07) is 4.65. The molecule has 0 saturated carbocycles. The number of carbonyl (C=O) groups excluding carboxylic acids is 3. The third kappa shape index (κ3) is 5.14. The van der Waals surface area contributed by atoms with Gasteiger partial charge in [0.25, 0.3) is 0 Å². The first kappa shape index (κ1) is 19.6. The van der Waals surface area contributed by atoms with Gasteiger partial charge < -0.3 is 14.4 Å². The number of esters is 2. The molecule has 1 heterocycles. The molecular weight excluding hydrogens is 389 g/mol. The van der Waals surface area contributed by atoms with Gasteiger partial charge in [-0.3, -0.25) is 4.79 Å². The molecule has 0 aromatic heterocycles. The first-order chi connectivity index (χ1) is 11.9. The Hall–Kier alpha value is -1.70. The van der Waals surface area contributed by atoms with E-state index >= 15 is 0 Å². The third-order valence-corrected chi connectivity index (χ3v) is 5.00. The first-order valence-electron chi connectivity index (χ1n) is 7.36. The van der Waals surface area contributed by atoms with E-state index in [-0.39, 0.29) is 47.0 Å². The van der Waals surface area contributed by atoms with E-state index in [9.17, 15) is 14.4 Å². The Bertz CT molecular complexity index is 722. The average molecular weight is 404 g/mol. The van der Waals surface area contributed by atoms with Gasteiger partial charge in [-0.1, -0.05) is 41.0 Å². The number of rotatable bonds is 6. The van der Waals surface area contributed by atoms with Crippen LogP contribution in [-0.4, -0.2) is 48.3 Å². The fourth-order valence-corrected chi connectivity index (χ4v) is 3.36. The number of halogens is 2. The van der Waals surface area contributed by atoms with Crippen LogP contribution in [0, 0.1) is 0 Å². The summed E-state index contributed by atoms with van der Waals surface area (Å²) < 4.78 is 9.98. The van der Waals surface area contributed by atoms with Gasteiger partial charge in [-0.05, 0) is 19.1 Å².